The molecule has 0 bridgehead atoms. The maximum Gasteiger partial charge on any atom is 0.155 e. The molecule has 2 nitrogen and oxygen atoms in total. The standard InChI is InChI=1S/C11H13NO/c1-11-5-4-10(13)6-8(11)2-3-9(11)7-12/h6,9H,2-5H2,1H3. The van der Waals surface area contributed by atoms with Crippen LogP contribution in [0, 0.1) is 22.7 Å². The van der Waals surface area contributed by atoms with Crippen LogP contribution in [0.1, 0.15) is 32.6 Å². The van der Waals surface area contributed by atoms with Crippen LogP contribution in [0.4, 0.5) is 0 Å². The minimum Gasteiger partial charge on any atom is -0.295 e. The van der Waals surface area contributed by atoms with E-state index in [1.807, 2.05) is 0 Å². The lowest BCUT2D eigenvalue weighted by molar-refractivity contribution is -0.115. The van der Waals surface area contributed by atoms with Gasteiger partial charge in [-0.1, -0.05) is 12.5 Å². The van der Waals surface area contributed by atoms with E-state index in [-0.39, 0.29) is 17.1 Å². The molecule has 0 amide bonds. The van der Waals surface area contributed by atoms with E-state index in [1.165, 1.54) is 5.57 Å². The first-order valence-electron chi connectivity index (χ1n) is 4.80. The predicted octanol–water partition coefficient (Wildman–Crippen LogP) is 2.22. The molecule has 0 aliphatic heterocycles. The number of hydrogen-bond donors (Lipinski definition) is 0. The van der Waals surface area contributed by atoms with E-state index in [4.69, 9.17) is 5.26 Å². The van der Waals surface area contributed by atoms with E-state index in [0.717, 1.165) is 19.3 Å². The van der Waals surface area contributed by atoms with Gasteiger partial charge in [0.05, 0.1) is 12.0 Å². The average Bonchev–Trinajstić information content (AvgIpc) is 2.42. The van der Waals surface area contributed by atoms with Gasteiger partial charge >= 0.3 is 0 Å². The fourth-order valence-corrected chi connectivity index (χ4v) is 2.56. The Morgan fingerprint density at radius 3 is 3.08 bits per heavy atom. The van der Waals surface area contributed by atoms with E-state index < -0.39 is 0 Å². The fourth-order valence-electron chi connectivity index (χ4n) is 2.56. The van der Waals surface area contributed by atoms with E-state index >= 15 is 0 Å². The van der Waals surface area contributed by atoms with Gasteiger partial charge in [0.25, 0.3) is 0 Å². The van der Waals surface area contributed by atoms with Crippen molar-refractivity contribution in [3.63, 3.8) is 0 Å². The van der Waals surface area contributed by atoms with E-state index in [2.05, 4.69) is 13.0 Å². The Morgan fingerprint density at radius 2 is 2.38 bits per heavy atom. The zero-order valence-corrected chi connectivity index (χ0v) is 7.84. The molecular formula is C11H13NO. The third-order valence-electron chi connectivity index (χ3n) is 3.59. The summed E-state index contributed by atoms with van der Waals surface area (Å²) >= 11 is 0. The normalized spacial score (nSPS) is 38.0. The average molecular weight is 175 g/mol. The Kier molecular flexibility index (Phi) is 1.76. The Bertz CT molecular complexity index is 323. The highest BCUT2D eigenvalue weighted by Crippen LogP contribution is 2.51. The second kappa shape index (κ2) is 2.70. The zero-order valence-electron chi connectivity index (χ0n) is 7.84. The Balaban J connectivity index is 2.39. The van der Waals surface area contributed by atoms with Crippen molar-refractivity contribution in [1.29, 1.82) is 5.26 Å². The monoisotopic (exact) mass is 175 g/mol. The highest BCUT2D eigenvalue weighted by atomic mass is 16.1. The van der Waals surface area contributed by atoms with Crippen LogP contribution in [-0.2, 0) is 4.79 Å². The predicted molar refractivity (Wildman–Crippen MR) is 48.8 cm³/mol. The number of allylic oxidation sites excluding steroid dienone is 2. The molecule has 0 aromatic heterocycles. The van der Waals surface area contributed by atoms with Crippen molar-refractivity contribution in [3.8, 4) is 6.07 Å². The minimum atomic E-state index is 0.0165. The Morgan fingerprint density at radius 1 is 1.62 bits per heavy atom. The van der Waals surface area contributed by atoms with Crippen molar-refractivity contribution in [2.45, 2.75) is 32.6 Å². The molecule has 2 heteroatoms. The van der Waals surface area contributed by atoms with E-state index in [0.29, 0.717) is 6.42 Å². The summed E-state index contributed by atoms with van der Waals surface area (Å²) in [7, 11) is 0. The molecule has 68 valence electrons. The minimum absolute atomic E-state index is 0.0165. The number of hydrogen-bond acceptors (Lipinski definition) is 2. The smallest absolute Gasteiger partial charge is 0.155 e. The zero-order chi connectivity index (χ0) is 9.47. The van der Waals surface area contributed by atoms with Crippen LogP contribution >= 0.6 is 0 Å². The third kappa shape index (κ3) is 1.11. The lowest BCUT2D eigenvalue weighted by Crippen LogP contribution is -2.27. The van der Waals surface area contributed by atoms with Gasteiger partial charge in [0.2, 0.25) is 0 Å². The van der Waals surface area contributed by atoms with Crippen LogP contribution in [0.25, 0.3) is 0 Å². The molecule has 0 saturated heterocycles. The summed E-state index contributed by atoms with van der Waals surface area (Å²) in [5, 5.41) is 8.97. The number of rotatable bonds is 0. The molecule has 13 heavy (non-hydrogen) atoms. The molecule has 0 aromatic rings. The van der Waals surface area contributed by atoms with Crippen LogP contribution in [-0.4, -0.2) is 5.78 Å². The molecule has 0 spiro atoms. The number of carbonyl (C=O) groups is 1. The van der Waals surface area contributed by atoms with Crippen molar-refractivity contribution in [2.24, 2.45) is 11.3 Å². The van der Waals surface area contributed by atoms with Crippen LogP contribution in [0.2, 0.25) is 0 Å². The van der Waals surface area contributed by atoms with Crippen LogP contribution in [0.5, 0.6) is 0 Å². The molecule has 1 saturated carbocycles. The van der Waals surface area contributed by atoms with Gasteiger partial charge in [0, 0.05) is 11.8 Å². The second-order valence-electron chi connectivity index (χ2n) is 4.27. The number of fused-ring (bicyclic) bond motifs is 1. The van der Waals surface area contributed by atoms with E-state index in [9.17, 15) is 4.79 Å². The van der Waals surface area contributed by atoms with Gasteiger partial charge in [0.15, 0.2) is 5.78 Å². The van der Waals surface area contributed by atoms with Gasteiger partial charge in [-0.3, -0.25) is 4.79 Å². The summed E-state index contributed by atoms with van der Waals surface area (Å²) in [4.78, 5) is 11.2. The molecule has 0 heterocycles. The van der Waals surface area contributed by atoms with Crippen molar-refractivity contribution in [2.75, 3.05) is 0 Å². The van der Waals surface area contributed by atoms with Crippen molar-refractivity contribution in [3.05, 3.63) is 11.6 Å². The first-order valence-corrected chi connectivity index (χ1v) is 4.80. The summed E-state index contributed by atoms with van der Waals surface area (Å²) < 4.78 is 0. The van der Waals surface area contributed by atoms with Gasteiger partial charge in [-0.2, -0.15) is 5.26 Å². The number of ketones is 1. The van der Waals surface area contributed by atoms with Gasteiger partial charge in [-0.05, 0) is 25.3 Å². The van der Waals surface area contributed by atoms with Crippen LogP contribution in [0.15, 0.2) is 11.6 Å². The molecule has 2 aliphatic carbocycles. The van der Waals surface area contributed by atoms with Crippen LogP contribution < -0.4 is 0 Å². The maximum absolute atomic E-state index is 11.2. The quantitative estimate of drug-likeness (QED) is 0.566. The molecule has 0 radical (unpaired) electrons. The molecule has 0 N–H and O–H groups in total. The summed E-state index contributed by atoms with van der Waals surface area (Å²) in [5.74, 6) is 0.373. The van der Waals surface area contributed by atoms with Crippen LogP contribution in [0.3, 0.4) is 0 Å². The molecule has 0 aromatic carbocycles. The molecule has 1 fully saturated rings. The summed E-state index contributed by atoms with van der Waals surface area (Å²) in [5.41, 5.74) is 1.23. The molecule has 2 unspecified atom stereocenters. The summed E-state index contributed by atoms with van der Waals surface area (Å²) in [6, 6.07) is 2.37. The van der Waals surface area contributed by atoms with Crippen molar-refractivity contribution in [1.82, 2.24) is 0 Å². The van der Waals surface area contributed by atoms with Gasteiger partial charge in [-0.15, -0.1) is 0 Å². The summed E-state index contributed by atoms with van der Waals surface area (Å²) in [6.07, 6.45) is 5.15. The maximum atomic E-state index is 11.2. The number of carbonyl (C=O) groups excluding carboxylic acids is 1. The van der Waals surface area contributed by atoms with Crippen molar-refractivity contribution < 1.29 is 4.79 Å². The third-order valence-corrected chi connectivity index (χ3v) is 3.59. The number of nitrogens with zero attached hydrogens (tertiary/aromatic N) is 1. The lowest BCUT2D eigenvalue weighted by atomic mass is 9.71. The highest BCUT2D eigenvalue weighted by molar-refractivity contribution is 5.91. The molecule has 2 rings (SSSR count). The van der Waals surface area contributed by atoms with Crippen molar-refractivity contribution >= 4 is 5.78 Å². The first-order chi connectivity index (χ1) is 6.16. The Labute approximate surface area is 78.2 Å². The highest BCUT2D eigenvalue weighted by Gasteiger charge is 2.44. The van der Waals surface area contributed by atoms with Gasteiger partial charge < -0.3 is 0 Å². The molecular weight excluding hydrogens is 162 g/mol. The topological polar surface area (TPSA) is 40.9 Å². The second-order valence-corrected chi connectivity index (χ2v) is 4.27. The fraction of sp³-hybridized carbons (Fsp3) is 0.636. The summed E-state index contributed by atoms with van der Waals surface area (Å²) in [6.45, 7) is 2.13. The molecule has 2 atom stereocenters. The largest absolute Gasteiger partial charge is 0.295 e. The van der Waals surface area contributed by atoms with Gasteiger partial charge in [0.1, 0.15) is 0 Å². The Hall–Kier alpha value is -1.10. The first kappa shape index (κ1) is 8.50. The lowest BCUT2D eigenvalue weighted by Gasteiger charge is -2.31. The van der Waals surface area contributed by atoms with E-state index in [1.54, 1.807) is 6.08 Å². The number of nitriles is 1. The molecule has 2 aliphatic rings. The SMILES string of the molecule is CC12CCC(=O)C=C1CCC2C#N. The van der Waals surface area contributed by atoms with Gasteiger partial charge in [-0.25, -0.2) is 0 Å².